The smallest absolute Gasteiger partial charge is 0.313 e. The van der Waals surface area contributed by atoms with Gasteiger partial charge in [0.2, 0.25) is 0 Å². The number of amides is 1. The van der Waals surface area contributed by atoms with Gasteiger partial charge in [0.1, 0.15) is 0 Å². The van der Waals surface area contributed by atoms with Crippen molar-refractivity contribution in [1.29, 1.82) is 0 Å². The van der Waals surface area contributed by atoms with Gasteiger partial charge in [0.15, 0.2) is 5.60 Å². The molecule has 1 N–H and O–H groups in total. The number of pyridine rings is 1. The van der Waals surface area contributed by atoms with Crippen LogP contribution < -0.4 is 5.32 Å². The van der Waals surface area contributed by atoms with Crippen molar-refractivity contribution in [3.8, 4) is 0 Å². The molecule has 2 aliphatic rings. The summed E-state index contributed by atoms with van der Waals surface area (Å²) in [6.07, 6.45) is 2.96. The molecule has 2 heterocycles. The molecule has 1 saturated heterocycles. The minimum Gasteiger partial charge on any atom is -0.448 e. The highest BCUT2D eigenvalue weighted by molar-refractivity contribution is 5.96. The summed E-state index contributed by atoms with van der Waals surface area (Å²) < 4.78 is 5.55. The van der Waals surface area contributed by atoms with Gasteiger partial charge in [-0.25, -0.2) is 0 Å². The molecule has 2 atom stereocenters. The Labute approximate surface area is 124 Å². The molecule has 0 unspecified atom stereocenters. The van der Waals surface area contributed by atoms with Crippen LogP contribution in [0.15, 0.2) is 24.4 Å². The van der Waals surface area contributed by atoms with Crippen LogP contribution in [0.4, 0.5) is 0 Å². The summed E-state index contributed by atoms with van der Waals surface area (Å²) >= 11 is 0. The molecule has 21 heavy (non-hydrogen) atoms. The number of aromatic nitrogens is 1. The van der Waals surface area contributed by atoms with Gasteiger partial charge < -0.3 is 10.1 Å². The van der Waals surface area contributed by atoms with E-state index in [0.29, 0.717) is 19.4 Å². The molecule has 0 spiro atoms. The minimum atomic E-state index is -1.05. The van der Waals surface area contributed by atoms with E-state index in [1.807, 2.05) is 39.0 Å². The summed E-state index contributed by atoms with van der Waals surface area (Å²) in [7, 11) is 0. The maximum Gasteiger partial charge on any atom is 0.313 e. The molecule has 1 amide bonds. The number of carbonyl (C=O) groups excluding carboxylic acids is 2. The topological polar surface area (TPSA) is 68.3 Å². The van der Waals surface area contributed by atoms with Crippen LogP contribution in [0.1, 0.15) is 39.3 Å². The summed E-state index contributed by atoms with van der Waals surface area (Å²) in [4.78, 5) is 29.0. The van der Waals surface area contributed by atoms with Crippen molar-refractivity contribution in [3.05, 3.63) is 30.1 Å². The highest BCUT2D eigenvalue weighted by Gasteiger charge is 2.75. The van der Waals surface area contributed by atoms with Crippen molar-refractivity contribution in [1.82, 2.24) is 10.3 Å². The van der Waals surface area contributed by atoms with Gasteiger partial charge in [0, 0.05) is 11.6 Å². The number of nitrogens with one attached hydrogen (secondary N) is 1. The standard InChI is InChI=1S/C16H20N2O3/c1-14(2)15(3)7-8-16(14,21-13(15)20)12(19)18-10-11-6-4-5-9-17-11/h4-6,9H,7-8,10H2,1-3H3,(H,18,19)/t15-,16+/m1/s1. The van der Waals surface area contributed by atoms with Crippen LogP contribution in [0, 0.1) is 10.8 Å². The number of rotatable bonds is 3. The first-order chi connectivity index (χ1) is 9.83. The van der Waals surface area contributed by atoms with E-state index < -0.39 is 16.4 Å². The molecule has 1 saturated carbocycles. The number of carbonyl (C=O) groups is 2. The number of esters is 1. The fraction of sp³-hybridized carbons (Fsp3) is 0.562. The van der Waals surface area contributed by atoms with Gasteiger partial charge >= 0.3 is 5.97 Å². The van der Waals surface area contributed by atoms with E-state index in [1.54, 1.807) is 6.20 Å². The average molecular weight is 288 g/mol. The van der Waals surface area contributed by atoms with Crippen molar-refractivity contribution in [2.24, 2.45) is 10.8 Å². The number of hydrogen-bond donors (Lipinski definition) is 1. The molecule has 1 aliphatic heterocycles. The molecule has 2 bridgehead atoms. The lowest BCUT2D eigenvalue weighted by atomic mass is 9.66. The molecular weight excluding hydrogens is 268 g/mol. The van der Waals surface area contributed by atoms with Crippen molar-refractivity contribution >= 4 is 11.9 Å². The first-order valence-corrected chi connectivity index (χ1v) is 7.25. The zero-order chi connectivity index (χ0) is 15.3. The number of hydrogen-bond acceptors (Lipinski definition) is 4. The third-order valence-corrected chi connectivity index (χ3v) is 5.61. The Hall–Kier alpha value is -1.91. The van der Waals surface area contributed by atoms with Gasteiger partial charge in [0.25, 0.3) is 5.91 Å². The maximum atomic E-state index is 12.7. The Morgan fingerprint density at radius 3 is 2.62 bits per heavy atom. The summed E-state index contributed by atoms with van der Waals surface area (Å²) in [6.45, 7) is 6.14. The summed E-state index contributed by atoms with van der Waals surface area (Å²) in [5.41, 5.74) is -1.35. The van der Waals surface area contributed by atoms with Crippen molar-refractivity contribution in [3.63, 3.8) is 0 Å². The lowest BCUT2D eigenvalue weighted by Crippen LogP contribution is -2.53. The second-order valence-corrected chi connectivity index (χ2v) is 6.68. The predicted octanol–water partition coefficient (Wildman–Crippen LogP) is 1.82. The van der Waals surface area contributed by atoms with E-state index in [9.17, 15) is 9.59 Å². The molecule has 0 aromatic carbocycles. The van der Waals surface area contributed by atoms with Crippen LogP contribution in [0.2, 0.25) is 0 Å². The van der Waals surface area contributed by atoms with Gasteiger partial charge in [-0.15, -0.1) is 0 Å². The first kappa shape index (κ1) is 14.0. The lowest BCUT2D eigenvalue weighted by molar-refractivity contribution is -0.168. The van der Waals surface area contributed by atoms with Gasteiger partial charge in [0.05, 0.1) is 17.7 Å². The normalized spacial score (nSPS) is 32.8. The Kier molecular flexibility index (Phi) is 2.87. The second-order valence-electron chi connectivity index (χ2n) is 6.68. The van der Waals surface area contributed by atoms with Crippen LogP contribution in [-0.4, -0.2) is 22.5 Å². The molecule has 5 heteroatoms. The zero-order valence-corrected chi connectivity index (χ0v) is 12.6. The largest absolute Gasteiger partial charge is 0.448 e. The van der Waals surface area contributed by atoms with E-state index >= 15 is 0 Å². The third-order valence-electron chi connectivity index (χ3n) is 5.61. The zero-order valence-electron chi connectivity index (χ0n) is 12.6. The average Bonchev–Trinajstić information content (AvgIpc) is 2.76. The van der Waals surface area contributed by atoms with Gasteiger partial charge in [-0.1, -0.05) is 19.9 Å². The number of fused-ring (bicyclic) bond motifs is 2. The Morgan fingerprint density at radius 1 is 1.33 bits per heavy atom. The van der Waals surface area contributed by atoms with Crippen LogP contribution in [0.3, 0.4) is 0 Å². The van der Waals surface area contributed by atoms with E-state index in [-0.39, 0.29) is 11.9 Å². The van der Waals surface area contributed by atoms with Crippen molar-refractivity contribution < 1.29 is 14.3 Å². The highest BCUT2D eigenvalue weighted by Crippen LogP contribution is 2.65. The van der Waals surface area contributed by atoms with E-state index in [0.717, 1.165) is 5.69 Å². The lowest BCUT2D eigenvalue weighted by Gasteiger charge is -2.35. The molecule has 0 radical (unpaired) electrons. The molecule has 5 nitrogen and oxygen atoms in total. The first-order valence-electron chi connectivity index (χ1n) is 7.25. The maximum absolute atomic E-state index is 12.7. The van der Waals surface area contributed by atoms with Gasteiger partial charge in [-0.05, 0) is 31.9 Å². The van der Waals surface area contributed by atoms with Gasteiger partial charge in [-0.3, -0.25) is 14.6 Å². The van der Waals surface area contributed by atoms with Crippen LogP contribution in [-0.2, 0) is 20.9 Å². The van der Waals surface area contributed by atoms with Crippen molar-refractivity contribution in [2.45, 2.75) is 45.8 Å². The SMILES string of the molecule is CC1(C)[C@@]2(C(=O)NCc3ccccn3)CC[C@]1(C)C(=O)O2. The second kappa shape index (κ2) is 4.29. The Bertz CT molecular complexity index is 599. The number of ether oxygens (including phenoxy) is 1. The molecule has 1 aromatic rings. The third kappa shape index (κ3) is 1.66. The van der Waals surface area contributed by atoms with Crippen LogP contribution in [0.5, 0.6) is 0 Å². The number of nitrogens with zero attached hydrogens (tertiary/aromatic N) is 1. The fourth-order valence-electron chi connectivity index (χ4n) is 3.56. The monoisotopic (exact) mass is 288 g/mol. The van der Waals surface area contributed by atoms with E-state index in [2.05, 4.69) is 10.3 Å². The molecule has 1 aliphatic carbocycles. The summed E-state index contributed by atoms with van der Waals surface area (Å²) in [6, 6.07) is 5.55. The van der Waals surface area contributed by atoms with Gasteiger partial charge in [-0.2, -0.15) is 0 Å². The fourth-order valence-corrected chi connectivity index (χ4v) is 3.56. The quantitative estimate of drug-likeness (QED) is 0.861. The summed E-state index contributed by atoms with van der Waals surface area (Å²) in [5.74, 6) is -0.473. The molecule has 112 valence electrons. The summed E-state index contributed by atoms with van der Waals surface area (Å²) in [5, 5.41) is 2.87. The minimum absolute atomic E-state index is 0.215. The highest BCUT2D eigenvalue weighted by atomic mass is 16.6. The van der Waals surface area contributed by atoms with E-state index in [1.165, 1.54) is 0 Å². The van der Waals surface area contributed by atoms with Crippen LogP contribution in [0.25, 0.3) is 0 Å². The molecule has 1 aromatic heterocycles. The van der Waals surface area contributed by atoms with Crippen LogP contribution >= 0.6 is 0 Å². The Morgan fingerprint density at radius 2 is 2.10 bits per heavy atom. The Balaban J connectivity index is 1.80. The van der Waals surface area contributed by atoms with Crippen molar-refractivity contribution in [2.75, 3.05) is 0 Å². The molecule has 3 rings (SSSR count). The van der Waals surface area contributed by atoms with E-state index in [4.69, 9.17) is 4.74 Å². The predicted molar refractivity (Wildman–Crippen MR) is 76.0 cm³/mol. The molecular formula is C16H20N2O3. The molecule has 2 fully saturated rings.